The quantitative estimate of drug-likeness (QED) is 0.437. The van der Waals surface area contributed by atoms with E-state index in [9.17, 15) is 14.7 Å². The van der Waals surface area contributed by atoms with Gasteiger partial charge in [0.05, 0.1) is 18.3 Å². The molecule has 1 aliphatic rings. The van der Waals surface area contributed by atoms with E-state index in [1.165, 1.54) is 0 Å². The molecule has 0 saturated carbocycles. The first-order valence-electron chi connectivity index (χ1n) is 11.2. The molecule has 170 valence electrons. The summed E-state index contributed by atoms with van der Waals surface area (Å²) in [6.07, 6.45) is 0.834. The zero-order valence-corrected chi connectivity index (χ0v) is 18.6. The number of H-pyrrole nitrogens is 2. The van der Waals surface area contributed by atoms with E-state index in [0.29, 0.717) is 24.6 Å². The minimum absolute atomic E-state index is 0.151. The summed E-state index contributed by atoms with van der Waals surface area (Å²) < 4.78 is 6.61. The lowest BCUT2D eigenvalue weighted by molar-refractivity contribution is 0.215. The molecule has 2 aromatic carbocycles. The Kier molecular flexibility index (Phi) is 5.30. The van der Waals surface area contributed by atoms with Crippen LogP contribution in [0.1, 0.15) is 36.7 Å². The van der Waals surface area contributed by atoms with Gasteiger partial charge >= 0.3 is 5.69 Å². The SMILES string of the molecule is CCOc1ccc(-n2c(O)c([C@@H]3c4[nH]c5ccccc5c4CCN3CC)c(=O)[nH]c2=O)cc1. The molecule has 0 amide bonds. The molecule has 3 heterocycles. The lowest BCUT2D eigenvalue weighted by atomic mass is 9.93. The van der Waals surface area contributed by atoms with Crippen molar-refractivity contribution in [3.05, 3.63) is 86.2 Å². The predicted molar refractivity (Wildman–Crippen MR) is 127 cm³/mol. The second-order valence-electron chi connectivity index (χ2n) is 8.10. The number of nitrogens with zero attached hydrogens (tertiary/aromatic N) is 2. The highest BCUT2D eigenvalue weighted by atomic mass is 16.5. The molecule has 8 nitrogen and oxygen atoms in total. The van der Waals surface area contributed by atoms with Gasteiger partial charge in [-0.15, -0.1) is 0 Å². The van der Waals surface area contributed by atoms with Gasteiger partial charge in [0.25, 0.3) is 5.56 Å². The highest BCUT2D eigenvalue weighted by molar-refractivity contribution is 5.85. The third-order valence-corrected chi connectivity index (χ3v) is 6.34. The van der Waals surface area contributed by atoms with Crippen LogP contribution in [0.15, 0.2) is 58.1 Å². The largest absolute Gasteiger partial charge is 0.494 e. The smallest absolute Gasteiger partial charge is 0.335 e. The van der Waals surface area contributed by atoms with Gasteiger partial charge < -0.3 is 14.8 Å². The van der Waals surface area contributed by atoms with Crippen molar-refractivity contribution in [1.82, 2.24) is 19.4 Å². The molecule has 1 aliphatic heterocycles. The standard InChI is InChI=1S/C25H26N4O4/c1-3-28-14-13-18-17-7-5-6-8-19(17)26-21(18)22(28)20-23(30)27-25(32)29(24(20)31)15-9-11-16(12-10-15)33-4-2/h5-12,22,26,31H,3-4,13-14H2,1-2H3,(H,27,30,32)/t22-/m1/s1. The van der Waals surface area contributed by atoms with Gasteiger partial charge in [0.15, 0.2) is 0 Å². The molecule has 5 rings (SSSR count). The van der Waals surface area contributed by atoms with Crippen LogP contribution in [0, 0.1) is 0 Å². The van der Waals surface area contributed by atoms with Crippen molar-refractivity contribution in [3.63, 3.8) is 0 Å². The number of fused-ring (bicyclic) bond motifs is 3. The summed E-state index contributed by atoms with van der Waals surface area (Å²) in [5, 5.41) is 12.4. The molecule has 0 saturated heterocycles. The number of aromatic hydroxyl groups is 1. The third kappa shape index (κ3) is 3.43. The van der Waals surface area contributed by atoms with Crippen molar-refractivity contribution in [2.24, 2.45) is 0 Å². The Morgan fingerprint density at radius 3 is 2.55 bits per heavy atom. The van der Waals surface area contributed by atoms with Crippen LogP contribution in [-0.2, 0) is 6.42 Å². The number of benzene rings is 2. The van der Waals surface area contributed by atoms with E-state index in [1.54, 1.807) is 24.3 Å². The number of hydrogen-bond acceptors (Lipinski definition) is 5. The number of aromatic nitrogens is 3. The van der Waals surface area contributed by atoms with Gasteiger partial charge in [-0.3, -0.25) is 14.7 Å². The average molecular weight is 447 g/mol. The topological polar surface area (TPSA) is 103 Å². The van der Waals surface area contributed by atoms with Crippen LogP contribution >= 0.6 is 0 Å². The number of rotatable bonds is 5. The van der Waals surface area contributed by atoms with Gasteiger partial charge in [0, 0.05) is 23.1 Å². The average Bonchev–Trinajstić information content (AvgIpc) is 3.19. The van der Waals surface area contributed by atoms with Gasteiger partial charge in [-0.2, -0.15) is 0 Å². The Hall–Kier alpha value is -3.78. The highest BCUT2D eigenvalue weighted by Crippen LogP contribution is 2.39. The molecule has 2 aromatic heterocycles. The molecular formula is C25H26N4O4. The summed E-state index contributed by atoms with van der Waals surface area (Å²) in [6.45, 7) is 5.85. The minimum atomic E-state index is -0.693. The molecule has 0 radical (unpaired) electrons. The summed E-state index contributed by atoms with van der Waals surface area (Å²) in [5.74, 6) is 0.299. The van der Waals surface area contributed by atoms with Gasteiger partial charge in [-0.1, -0.05) is 25.1 Å². The summed E-state index contributed by atoms with van der Waals surface area (Å²) in [5.41, 5.74) is 2.31. The number of hydrogen-bond donors (Lipinski definition) is 3. The Labute approximate surface area is 190 Å². The molecule has 0 unspecified atom stereocenters. The summed E-state index contributed by atoms with van der Waals surface area (Å²) >= 11 is 0. The fourth-order valence-corrected chi connectivity index (χ4v) is 4.84. The first-order chi connectivity index (χ1) is 16.0. The van der Waals surface area contributed by atoms with Gasteiger partial charge in [-0.25, -0.2) is 9.36 Å². The summed E-state index contributed by atoms with van der Waals surface area (Å²) in [7, 11) is 0. The fourth-order valence-electron chi connectivity index (χ4n) is 4.84. The normalized spacial score (nSPS) is 16.1. The molecule has 0 spiro atoms. The van der Waals surface area contributed by atoms with E-state index in [-0.39, 0.29) is 11.4 Å². The van der Waals surface area contributed by atoms with Crippen LogP contribution in [0.5, 0.6) is 11.6 Å². The molecule has 3 N–H and O–H groups in total. The van der Waals surface area contributed by atoms with Crippen LogP contribution in [0.25, 0.3) is 16.6 Å². The second-order valence-corrected chi connectivity index (χ2v) is 8.10. The molecule has 8 heteroatoms. The molecule has 1 atom stereocenters. The van der Waals surface area contributed by atoms with Crippen molar-refractivity contribution < 1.29 is 9.84 Å². The highest BCUT2D eigenvalue weighted by Gasteiger charge is 2.35. The van der Waals surface area contributed by atoms with Crippen molar-refractivity contribution >= 4 is 10.9 Å². The molecule has 0 bridgehead atoms. The first kappa shape index (κ1) is 21.1. The first-order valence-corrected chi connectivity index (χ1v) is 11.2. The predicted octanol–water partition coefficient (Wildman–Crippen LogP) is 3.08. The maximum atomic E-state index is 13.1. The molecule has 0 fully saturated rings. The number of likely N-dealkylation sites (N-methyl/N-ethyl adjacent to an activating group) is 1. The van der Waals surface area contributed by atoms with Crippen molar-refractivity contribution in [2.45, 2.75) is 26.3 Å². The number of para-hydroxylation sites is 1. The summed E-state index contributed by atoms with van der Waals surface area (Å²) in [6, 6.07) is 14.3. The number of ether oxygens (including phenoxy) is 1. The van der Waals surface area contributed by atoms with E-state index in [1.807, 2.05) is 32.0 Å². The minimum Gasteiger partial charge on any atom is -0.494 e. The maximum Gasteiger partial charge on any atom is 0.335 e. The fraction of sp³-hybridized carbons (Fsp3) is 0.280. The van der Waals surface area contributed by atoms with E-state index >= 15 is 0 Å². The monoisotopic (exact) mass is 446 g/mol. The zero-order chi connectivity index (χ0) is 23.1. The Morgan fingerprint density at radius 2 is 1.82 bits per heavy atom. The van der Waals surface area contributed by atoms with Crippen LogP contribution in [-0.4, -0.2) is 44.2 Å². The van der Waals surface area contributed by atoms with E-state index in [4.69, 9.17) is 4.74 Å². The van der Waals surface area contributed by atoms with Gasteiger partial charge in [-0.05, 0) is 55.8 Å². The summed E-state index contributed by atoms with van der Waals surface area (Å²) in [4.78, 5) is 33.8. The Bertz CT molecular complexity index is 1430. The lowest BCUT2D eigenvalue weighted by Gasteiger charge is -2.35. The van der Waals surface area contributed by atoms with E-state index < -0.39 is 17.3 Å². The van der Waals surface area contributed by atoms with Gasteiger partial charge in [0.1, 0.15) is 11.3 Å². The van der Waals surface area contributed by atoms with Crippen LogP contribution in [0.4, 0.5) is 0 Å². The lowest BCUT2D eigenvalue weighted by Crippen LogP contribution is -2.41. The van der Waals surface area contributed by atoms with Crippen LogP contribution in [0.3, 0.4) is 0 Å². The third-order valence-electron chi connectivity index (χ3n) is 6.34. The second kappa shape index (κ2) is 8.29. The maximum absolute atomic E-state index is 13.1. The zero-order valence-electron chi connectivity index (χ0n) is 18.6. The Morgan fingerprint density at radius 1 is 1.06 bits per heavy atom. The van der Waals surface area contributed by atoms with Crippen LogP contribution in [0.2, 0.25) is 0 Å². The van der Waals surface area contributed by atoms with E-state index in [0.717, 1.165) is 39.7 Å². The molecule has 0 aliphatic carbocycles. The Balaban J connectivity index is 1.72. The van der Waals surface area contributed by atoms with E-state index in [2.05, 4.69) is 20.9 Å². The molecular weight excluding hydrogens is 420 g/mol. The van der Waals surface area contributed by atoms with Crippen molar-refractivity contribution in [2.75, 3.05) is 19.7 Å². The van der Waals surface area contributed by atoms with Crippen LogP contribution < -0.4 is 16.0 Å². The van der Waals surface area contributed by atoms with Crippen molar-refractivity contribution in [1.29, 1.82) is 0 Å². The van der Waals surface area contributed by atoms with Crippen molar-refractivity contribution in [3.8, 4) is 17.3 Å². The van der Waals surface area contributed by atoms with Gasteiger partial charge in [0.2, 0.25) is 5.88 Å². The number of nitrogens with one attached hydrogen (secondary N) is 2. The molecule has 33 heavy (non-hydrogen) atoms. The molecule has 4 aromatic rings. The number of aromatic amines is 2.